The number of hydrogen-bond acceptors (Lipinski definition) is 4. The van der Waals surface area contributed by atoms with Crippen LogP contribution in [0.2, 0.25) is 0 Å². The van der Waals surface area contributed by atoms with Gasteiger partial charge in [-0.3, -0.25) is 0 Å². The first kappa shape index (κ1) is 15.4. The monoisotopic (exact) mass is 336 g/mol. The van der Waals surface area contributed by atoms with Gasteiger partial charge < -0.3 is 0 Å². The van der Waals surface area contributed by atoms with Crippen LogP contribution in [0, 0.1) is 12.3 Å². The van der Waals surface area contributed by atoms with E-state index in [-0.39, 0.29) is 0 Å². The predicted octanol–water partition coefficient (Wildman–Crippen LogP) is 4.92. The lowest BCUT2D eigenvalue weighted by atomic mass is 9.83. The SMILES string of the molecule is CCCC(CBr)(CCC)CSc1nnc(C)s1. The van der Waals surface area contributed by atoms with Crippen molar-refractivity contribution in [3.8, 4) is 0 Å². The topological polar surface area (TPSA) is 25.8 Å². The molecule has 98 valence electrons. The van der Waals surface area contributed by atoms with Gasteiger partial charge in [0, 0.05) is 11.1 Å². The summed E-state index contributed by atoms with van der Waals surface area (Å²) in [5.74, 6) is 1.15. The van der Waals surface area contributed by atoms with Gasteiger partial charge in [-0.15, -0.1) is 10.2 Å². The van der Waals surface area contributed by atoms with Gasteiger partial charge >= 0.3 is 0 Å². The van der Waals surface area contributed by atoms with E-state index in [1.807, 2.05) is 18.7 Å². The maximum absolute atomic E-state index is 4.19. The molecule has 0 unspecified atom stereocenters. The van der Waals surface area contributed by atoms with Gasteiger partial charge in [-0.25, -0.2) is 0 Å². The fourth-order valence-electron chi connectivity index (χ4n) is 2.05. The quantitative estimate of drug-likeness (QED) is 0.497. The summed E-state index contributed by atoms with van der Waals surface area (Å²) in [6.07, 6.45) is 5.08. The Morgan fingerprint density at radius 3 is 2.29 bits per heavy atom. The van der Waals surface area contributed by atoms with Crippen LogP contribution in [0.1, 0.15) is 44.5 Å². The van der Waals surface area contributed by atoms with E-state index in [9.17, 15) is 0 Å². The van der Waals surface area contributed by atoms with Crippen LogP contribution in [0.3, 0.4) is 0 Å². The molecule has 0 spiro atoms. The molecule has 0 aromatic carbocycles. The maximum Gasteiger partial charge on any atom is 0.174 e. The Morgan fingerprint density at radius 2 is 1.88 bits per heavy atom. The van der Waals surface area contributed by atoms with E-state index in [1.165, 1.54) is 25.7 Å². The van der Waals surface area contributed by atoms with Gasteiger partial charge in [0.25, 0.3) is 0 Å². The summed E-state index contributed by atoms with van der Waals surface area (Å²) in [7, 11) is 0. The van der Waals surface area contributed by atoms with Crippen LogP contribution in [0.4, 0.5) is 0 Å². The summed E-state index contributed by atoms with van der Waals surface area (Å²) in [5.41, 5.74) is 0.424. The summed E-state index contributed by atoms with van der Waals surface area (Å²) in [6, 6.07) is 0. The van der Waals surface area contributed by atoms with Gasteiger partial charge in [0.1, 0.15) is 5.01 Å². The molecule has 0 bridgehead atoms. The molecule has 0 amide bonds. The summed E-state index contributed by atoms with van der Waals surface area (Å²) < 4.78 is 1.11. The second kappa shape index (κ2) is 7.74. The number of halogens is 1. The molecule has 0 aliphatic carbocycles. The third kappa shape index (κ3) is 4.87. The van der Waals surface area contributed by atoms with E-state index >= 15 is 0 Å². The molecule has 2 nitrogen and oxygen atoms in total. The van der Waals surface area contributed by atoms with Crippen molar-refractivity contribution >= 4 is 39.0 Å². The van der Waals surface area contributed by atoms with Crippen LogP contribution in [-0.2, 0) is 0 Å². The number of hydrogen-bond donors (Lipinski definition) is 0. The van der Waals surface area contributed by atoms with E-state index in [2.05, 4.69) is 40.0 Å². The molecule has 5 heteroatoms. The van der Waals surface area contributed by atoms with Crippen molar-refractivity contribution in [1.29, 1.82) is 0 Å². The van der Waals surface area contributed by atoms with Gasteiger partial charge in [-0.1, -0.05) is 65.7 Å². The third-order valence-corrected chi connectivity index (χ3v) is 6.37. The zero-order valence-corrected chi connectivity index (χ0v) is 14.1. The Kier molecular flexibility index (Phi) is 7.04. The lowest BCUT2D eigenvalue weighted by Gasteiger charge is -2.30. The minimum atomic E-state index is 0.424. The molecular weight excluding hydrogens is 316 g/mol. The Balaban J connectivity index is 2.59. The molecule has 0 radical (unpaired) electrons. The number of nitrogens with zero attached hydrogens (tertiary/aromatic N) is 2. The number of aryl methyl sites for hydroxylation is 1. The molecule has 1 aromatic rings. The van der Waals surface area contributed by atoms with Gasteiger partial charge in [-0.2, -0.15) is 0 Å². The Bertz CT molecular complexity index is 322. The second-order valence-corrected chi connectivity index (χ2v) is 7.47. The van der Waals surface area contributed by atoms with Crippen LogP contribution in [-0.4, -0.2) is 21.3 Å². The fraction of sp³-hybridized carbons (Fsp3) is 0.833. The number of thioether (sulfide) groups is 1. The lowest BCUT2D eigenvalue weighted by molar-refractivity contribution is 0.320. The van der Waals surface area contributed by atoms with Crippen LogP contribution in [0.25, 0.3) is 0 Å². The van der Waals surface area contributed by atoms with Gasteiger partial charge in [0.2, 0.25) is 0 Å². The highest BCUT2D eigenvalue weighted by molar-refractivity contribution is 9.09. The van der Waals surface area contributed by atoms with Gasteiger partial charge in [0.15, 0.2) is 4.34 Å². The van der Waals surface area contributed by atoms with Crippen molar-refractivity contribution < 1.29 is 0 Å². The van der Waals surface area contributed by atoms with Crippen molar-refractivity contribution in [3.63, 3.8) is 0 Å². The Labute approximate surface area is 121 Å². The largest absolute Gasteiger partial charge is 0.174 e. The minimum absolute atomic E-state index is 0.424. The highest BCUT2D eigenvalue weighted by Gasteiger charge is 2.27. The molecule has 1 rings (SSSR count). The number of rotatable bonds is 8. The maximum atomic E-state index is 4.19. The minimum Gasteiger partial charge on any atom is -0.143 e. The van der Waals surface area contributed by atoms with E-state index in [4.69, 9.17) is 0 Å². The Morgan fingerprint density at radius 1 is 1.24 bits per heavy atom. The van der Waals surface area contributed by atoms with Crippen molar-refractivity contribution in [1.82, 2.24) is 10.2 Å². The van der Waals surface area contributed by atoms with Crippen molar-refractivity contribution in [3.05, 3.63) is 5.01 Å². The van der Waals surface area contributed by atoms with Crippen LogP contribution in [0.5, 0.6) is 0 Å². The standard InChI is InChI=1S/C12H21BrN2S2/c1-4-6-12(8-13,7-5-2)9-16-11-15-14-10(3)17-11/h4-9H2,1-3H3. The number of aromatic nitrogens is 2. The summed E-state index contributed by atoms with van der Waals surface area (Å²) in [6.45, 7) is 6.55. The molecule has 0 aliphatic rings. The molecule has 0 aliphatic heterocycles. The zero-order valence-electron chi connectivity index (χ0n) is 10.8. The van der Waals surface area contributed by atoms with Crippen LogP contribution >= 0.6 is 39.0 Å². The van der Waals surface area contributed by atoms with Crippen LogP contribution in [0.15, 0.2) is 4.34 Å². The average molecular weight is 337 g/mol. The zero-order chi connectivity index (χ0) is 12.7. The molecule has 0 atom stereocenters. The first-order valence-electron chi connectivity index (χ1n) is 6.14. The molecular formula is C12H21BrN2S2. The van der Waals surface area contributed by atoms with E-state index in [1.54, 1.807) is 11.3 Å². The van der Waals surface area contributed by atoms with Crippen molar-refractivity contribution in [2.24, 2.45) is 5.41 Å². The fourth-order valence-corrected chi connectivity index (χ4v) is 5.18. The van der Waals surface area contributed by atoms with Crippen molar-refractivity contribution in [2.45, 2.75) is 50.8 Å². The summed E-state index contributed by atoms with van der Waals surface area (Å²) >= 11 is 7.28. The highest BCUT2D eigenvalue weighted by Crippen LogP contribution is 2.38. The number of alkyl halides is 1. The van der Waals surface area contributed by atoms with E-state index in [0.717, 1.165) is 20.4 Å². The molecule has 0 saturated heterocycles. The lowest BCUT2D eigenvalue weighted by Crippen LogP contribution is -2.25. The van der Waals surface area contributed by atoms with Gasteiger partial charge in [-0.05, 0) is 25.2 Å². The van der Waals surface area contributed by atoms with Gasteiger partial charge in [0.05, 0.1) is 0 Å². The molecule has 0 N–H and O–H groups in total. The van der Waals surface area contributed by atoms with Crippen LogP contribution < -0.4 is 0 Å². The smallest absolute Gasteiger partial charge is 0.143 e. The van der Waals surface area contributed by atoms with E-state index in [0.29, 0.717) is 5.41 Å². The second-order valence-electron chi connectivity index (χ2n) is 4.51. The molecule has 1 heterocycles. The predicted molar refractivity (Wildman–Crippen MR) is 81.4 cm³/mol. The molecule has 0 fully saturated rings. The third-order valence-electron chi connectivity index (χ3n) is 2.85. The summed E-state index contributed by atoms with van der Waals surface area (Å²) in [4.78, 5) is 0. The normalized spacial score (nSPS) is 12.0. The molecule has 0 saturated carbocycles. The van der Waals surface area contributed by atoms with E-state index < -0.39 is 0 Å². The molecule has 17 heavy (non-hydrogen) atoms. The highest BCUT2D eigenvalue weighted by atomic mass is 79.9. The first-order valence-corrected chi connectivity index (χ1v) is 9.07. The Hall–Kier alpha value is 0.390. The molecule has 1 aromatic heterocycles. The van der Waals surface area contributed by atoms with Crippen molar-refractivity contribution in [2.75, 3.05) is 11.1 Å². The summed E-state index contributed by atoms with van der Waals surface area (Å²) in [5, 5.41) is 10.4. The first-order chi connectivity index (χ1) is 8.15. The average Bonchev–Trinajstić information content (AvgIpc) is 2.73.